The molecule has 0 aliphatic heterocycles. The number of hydrogen-bond donors (Lipinski definition) is 1. The van der Waals surface area contributed by atoms with E-state index in [1.807, 2.05) is 19.9 Å². The summed E-state index contributed by atoms with van der Waals surface area (Å²) in [6, 6.07) is 3.42. The van der Waals surface area contributed by atoms with E-state index in [1.165, 1.54) is 11.3 Å². The molecule has 1 aromatic heterocycles. The van der Waals surface area contributed by atoms with Gasteiger partial charge in [0.05, 0.1) is 17.0 Å². The molecule has 0 atom stereocenters. The zero-order valence-corrected chi connectivity index (χ0v) is 11.0. The number of anilines is 1. The summed E-state index contributed by atoms with van der Waals surface area (Å²) >= 11 is 1.52. The molecule has 2 rings (SSSR count). The van der Waals surface area contributed by atoms with E-state index in [4.69, 9.17) is 0 Å². The van der Waals surface area contributed by atoms with Gasteiger partial charge >= 0.3 is 0 Å². The van der Waals surface area contributed by atoms with Crippen molar-refractivity contribution in [1.29, 1.82) is 0 Å². The second-order valence-electron chi connectivity index (χ2n) is 4.03. The van der Waals surface area contributed by atoms with Gasteiger partial charge in [-0.05, 0) is 31.0 Å². The van der Waals surface area contributed by atoms with Gasteiger partial charge in [0, 0.05) is 17.1 Å². The van der Waals surface area contributed by atoms with Crippen LogP contribution in [0, 0.1) is 24.0 Å². The third-order valence-electron chi connectivity index (χ3n) is 2.75. The second-order valence-corrected chi connectivity index (χ2v) is 5.00. The molecule has 0 amide bonds. The van der Waals surface area contributed by atoms with E-state index in [0.29, 0.717) is 12.2 Å². The Labute approximate surface area is 109 Å². The first-order valence-electron chi connectivity index (χ1n) is 5.45. The smallest absolute Gasteiger partial charge is 0.292 e. The highest BCUT2D eigenvalue weighted by Gasteiger charge is 2.15. The fourth-order valence-electron chi connectivity index (χ4n) is 1.61. The lowest BCUT2D eigenvalue weighted by atomic mass is 10.1. The lowest BCUT2D eigenvalue weighted by Crippen LogP contribution is -2.02. The number of benzene rings is 1. The van der Waals surface area contributed by atoms with Gasteiger partial charge in [0.25, 0.3) is 5.69 Å². The molecule has 1 aromatic carbocycles. The predicted molar refractivity (Wildman–Crippen MR) is 72.0 cm³/mol. The number of nitro groups is 1. The first-order valence-corrected chi connectivity index (χ1v) is 6.33. The third kappa shape index (κ3) is 2.65. The van der Waals surface area contributed by atoms with Crippen LogP contribution in [-0.4, -0.2) is 9.91 Å². The summed E-state index contributed by atoms with van der Waals surface area (Å²) in [5, 5.41) is 14.1. The number of aryl methyl sites for hydroxylation is 2. The van der Waals surface area contributed by atoms with E-state index < -0.39 is 0 Å². The summed E-state index contributed by atoms with van der Waals surface area (Å²) in [4.78, 5) is 15.7. The van der Waals surface area contributed by atoms with Crippen LogP contribution in [0.25, 0.3) is 0 Å². The normalized spacial score (nSPS) is 10.3. The first kappa shape index (κ1) is 12.5. The maximum absolute atomic E-state index is 11.0. The van der Waals surface area contributed by atoms with Gasteiger partial charge in [0.15, 0.2) is 0 Å². The number of nitrogens with one attached hydrogen (secondary N) is 1. The van der Waals surface area contributed by atoms with Crippen LogP contribution < -0.4 is 5.32 Å². The van der Waals surface area contributed by atoms with Crippen molar-refractivity contribution in [3.05, 3.63) is 50.0 Å². The summed E-state index contributed by atoms with van der Waals surface area (Å²) in [6.45, 7) is 4.36. The quantitative estimate of drug-likeness (QED) is 0.679. The van der Waals surface area contributed by atoms with Crippen LogP contribution in [-0.2, 0) is 6.54 Å². The maximum Gasteiger partial charge on any atom is 0.292 e. The molecule has 5 nitrogen and oxygen atoms in total. The molecular formula is C12H13N3O2S. The molecule has 0 spiro atoms. The third-order valence-corrected chi connectivity index (χ3v) is 3.52. The summed E-state index contributed by atoms with van der Waals surface area (Å²) in [5.41, 5.74) is 4.36. The monoisotopic (exact) mass is 263 g/mol. The number of rotatable bonds is 4. The number of nitrogens with zero attached hydrogens (tertiary/aromatic N) is 2. The van der Waals surface area contributed by atoms with Crippen molar-refractivity contribution in [3.63, 3.8) is 0 Å². The molecule has 0 fully saturated rings. The molecule has 0 aliphatic rings. The van der Waals surface area contributed by atoms with E-state index in [9.17, 15) is 10.1 Å². The first-order chi connectivity index (χ1) is 8.58. The van der Waals surface area contributed by atoms with Crippen LogP contribution in [0.3, 0.4) is 0 Å². The summed E-state index contributed by atoms with van der Waals surface area (Å²) in [7, 11) is 0. The molecular weight excluding hydrogens is 250 g/mol. The highest BCUT2D eigenvalue weighted by molar-refractivity contribution is 7.09. The average molecular weight is 263 g/mol. The van der Waals surface area contributed by atoms with Gasteiger partial charge in [-0.25, -0.2) is 0 Å². The lowest BCUT2D eigenvalue weighted by Gasteiger charge is -2.08. The standard InChI is InChI=1S/C12H13N3O2S/c1-8-3-11(12(15(16)17)4-9(8)2)14-6-10-5-13-7-18-10/h3-5,7,14H,6H2,1-2H3. The Morgan fingerprint density at radius 3 is 2.72 bits per heavy atom. The molecule has 0 bridgehead atoms. The zero-order valence-electron chi connectivity index (χ0n) is 10.1. The topological polar surface area (TPSA) is 68.1 Å². The Morgan fingerprint density at radius 2 is 2.11 bits per heavy atom. The number of hydrogen-bond acceptors (Lipinski definition) is 5. The predicted octanol–water partition coefficient (Wildman–Crippen LogP) is 3.28. The molecule has 0 aliphatic carbocycles. The Kier molecular flexibility index (Phi) is 3.57. The van der Waals surface area contributed by atoms with E-state index in [-0.39, 0.29) is 10.6 Å². The number of thiazole rings is 1. The van der Waals surface area contributed by atoms with E-state index >= 15 is 0 Å². The minimum absolute atomic E-state index is 0.114. The molecule has 6 heteroatoms. The van der Waals surface area contributed by atoms with Gasteiger partial charge in [-0.1, -0.05) is 0 Å². The summed E-state index contributed by atoms with van der Waals surface area (Å²) in [5.74, 6) is 0. The minimum Gasteiger partial charge on any atom is -0.375 e. The van der Waals surface area contributed by atoms with Crippen molar-refractivity contribution in [3.8, 4) is 0 Å². The van der Waals surface area contributed by atoms with Gasteiger partial charge < -0.3 is 5.32 Å². The van der Waals surface area contributed by atoms with Crippen LogP contribution in [0.2, 0.25) is 0 Å². The molecule has 1 heterocycles. The second kappa shape index (κ2) is 5.14. The highest BCUT2D eigenvalue weighted by Crippen LogP contribution is 2.28. The van der Waals surface area contributed by atoms with Crippen LogP contribution in [0.1, 0.15) is 16.0 Å². The molecule has 0 saturated heterocycles. The molecule has 1 N–H and O–H groups in total. The Bertz CT molecular complexity index is 567. The maximum atomic E-state index is 11.0. The van der Waals surface area contributed by atoms with Crippen molar-refractivity contribution in [1.82, 2.24) is 4.98 Å². The van der Waals surface area contributed by atoms with Gasteiger partial charge in [-0.2, -0.15) is 0 Å². The molecule has 0 saturated carbocycles. The molecule has 18 heavy (non-hydrogen) atoms. The number of nitro benzene ring substituents is 1. The SMILES string of the molecule is Cc1cc(NCc2cncs2)c([N+](=O)[O-])cc1C. The van der Waals surface area contributed by atoms with Crippen LogP contribution in [0.15, 0.2) is 23.8 Å². The molecule has 0 unspecified atom stereocenters. The van der Waals surface area contributed by atoms with E-state index in [2.05, 4.69) is 10.3 Å². The van der Waals surface area contributed by atoms with Crippen LogP contribution >= 0.6 is 11.3 Å². The Morgan fingerprint density at radius 1 is 1.39 bits per heavy atom. The molecule has 0 radical (unpaired) electrons. The van der Waals surface area contributed by atoms with Gasteiger partial charge in [-0.15, -0.1) is 11.3 Å². The zero-order chi connectivity index (χ0) is 13.1. The largest absolute Gasteiger partial charge is 0.375 e. The summed E-state index contributed by atoms with van der Waals surface area (Å²) < 4.78 is 0. The van der Waals surface area contributed by atoms with E-state index in [1.54, 1.807) is 17.8 Å². The molecule has 94 valence electrons. The highest BCUT2D eigenvalue weighted by atomic mass is 32.1. The number of aromatic nitrogens is 1. The van der Waals surface area contributed by atoms with Crippen LogP contribution in [0.4, 0.5) is 11.4 Å². The van der Waals surface area contributed by atoms with Crippen molar-refractivity contribution < 1.29 is 4.92 Å². The fourth-order valence-corrected chi connectivity index (χ4v) is 2.14. The van der Waals surface area contributed by atoms with Gasteiger partial charge in [0.2, 0.25) is 0 Å². The van der Waals surface area contributed by atoms with Crippen molar-refractivity contribution in [2.24, 2.45) is 0 Å². The van der Waals surface area contributed by atoms with Gasteiger partial charge in [-0.3, -0.25) is 15.1 Å². The van der Waals surface area contributed by atoms with Crippen molar-refractivity contribution in [2.45, 2.75) is 20.4 Å². The van der Waals surface area contributed by atoms with Crippen molar-refractivity contribution in [2.75, 3.05) is 5.32 Å². The fraction of sp³-hybridized carbons (Fsp3) is 0.250. The van der Waals surface area contributed by atoms with Gasteiger partial charge in [0.1, 0.15) is 5.69 Å². The minimum atomic E-state index is -0.360. The Hall–Kier alpha value is -1.95. The molecule has 2 aromatic rings. The van der Waals surface area contributed by atoms with Crippen molar-refractivity contribution >= 4 is 22.7 Å². The average Bonchev–Trinajstić information content (AvgIpc) is 2.83. The van der Waals surface area contributed by atoms with E-state index in [0.717, 1.165) is 16.0 Å². The Balaban J connectivity index is 2.25. The summed E-state index contributed by atoms with van der Waals surface area (Å²) in [6.07, 6.45) is 1.75. The van der Waals surface area contributed by atoms with Crippen LogP contribution in [0.5, 0.6) is 0 Å². The lowest BCUT2D eigenvalue weighted by molar-refractivity contribution is -0.384.